The third kappa shape index (κ3) is 5.60. The lowest BCUT2D eigenvalue weighted by molar-refractivity contribution is -0.115. The first-order valence-electron chi connectivity index (χ1n) is 7.68. The fraction of sp³-hybridized carbons (Fsp3) is 0.222. The standard InChI is InChI=1S/C18H20N2O4S2/c1-11(21)19-15-7-5-13(23-3)9-17(15)25-26-18-10-14(24-4)6-8-16(18)20-12(2)22/h5-10H,1-4H3,(H,19,21)(H,20,22). The van der Waals surface area contributed by atoms with Gasteiger partial charge in [0.15, 0.2) is 0 Å². The number of carbonyl (C=O) groups excluding carboxylic acids is 2. The molecular weight excluding hydrogens is 372 g/mol. The van der Waals surface area contributed by atoms with Gasteiger partial charge < -0.3 is 20.1 Å². The summed E-state index contributed by atoms with van der Waals surface area (Å²) in [6, 6.07) is 10.9. The third-order valence-electron chi connectivity index (χ3n) is 3.22. The van der Waals surface area contributed by atoms with Crippen molar-refractivity contribution < 1.29 is 19.1 Å². The maximum atomic E-state index is 11.4. The highest BCUT2D eigenvalue weighted by Gasteiger charge is 2.12. The fourth-order valence-electron chi connectivity index (χ4n) is 2.07. The minimum absolute atomic E-state index is 0.151. The molecule has 2 aromatic rings. The Hall–Kier alpha value is -2.32. The number of methoxy groups -OCH3 is 2. The second-order valence-corrected chi connectivity index (χ2v) is 7.47. The monoisotopic (exact) mass is 392 g/mol. The Balaban J connectivity index is 2.29. The molecule has 0 spiro atoms. The number of anilines is 2. The summed E-state index contributed by atoms with van der Waals surface area (Å²) in [7, 11) is 6.07. The summed E-state index contributed by atoms with van der Waals surface area (Å²) < 4.78 is 10.5. The minimum Gasteiger partial charge on any atom is -0.497 e. The first-order chi connectivity index (χ1) is 12.4. The lowest BCUT2D eigenvalue weighted by Gasteiger charge is -2.13. The van der Waals surface area contributed by atoms with Gasteiger partial charge in [0.1, 0.15) is 11.5 Å². The van der Waals surface area contributed by atoms with E-state index in [9.17, 15) is 9.59 Å². The summed E-state index contributed by atoms with van der Waals surface area (Å²) in [6.07, 6.45) is 0. The Bertz CT molecular complexity index is 744. The van der Waals surface area contributed by atoms with Crippen molar-refractivity contribution in [2.24, 2.45) is 0 Å². The minimum atomic E-state index is -0.151. The number of hydrogen-bond donors (Lipinski definition) is 2. The van der Waals surface area contributed by atoms with E-state index >= 15 is 0 Å². The van der Waals surface area contributed by atoms with E-state index in [1.165, 1.54) is 35.4 Å². The molecule has 0 heterocycles. The molecule has 2 amide bonds. The van der Waals surface area contributed by atoms with Crippen LogP contribution in [0, 0.1) is 0 Å². The van der Waals surface area contributed by atoms with Crippen molar-refractivity contribution in [1.82, 2.24) is 0 Å². The predicted octanol–water partition coefficient (Wildman–Crippen LogP) is 4.42. The topological polar surface area (TPSA) is 76.7 Å². The zero-order chi connectivity index (χ0) is 19.1. The van der Waals surface area contributed by atoms with Gasteiger partial charge in [0.05, 0.1) is 25.6 Å². The first-order valence-corrected chi connectivity index (χ1v) is 9.83. The number of hydrogen-bond acceptors (Lipinski definition) is 6. The molecule has 8 heteroatoms. The molecule has 138 valence electrons. The summed E-state index contributed by atoms with van der Waals surface area (Å²) in [5.74, 6) is 1.08. The Morgan fingerprint density at radius 3 is 1.46 bits per heavy atom. The zero-order valence-corrected chi connectivity index (χ0v) is 16.5. The molecule has 0 radical (unpaired) electrons. The Labute approximate surface area is 160 Å². The van der Waals surface area contributed by atoms with Gasteiger partial charge in [-0.25, -0.2) is 0 Å². The van der Waals surface area contributed by atoms with E-state index in [1.54, 1.807) is 38.5 Å². The first kappa shape index (κ1) is 20.0. The van der Waals surface area contributed by atoms with Crippen LogP contribution < -0.4 is 20.1 Å². The summed E-state index contributed by atoms with van der Waals surface area (Å²) >= 11 is 0. The van der Waals surface area contributed by atoms with E-state index < -0.39 is 0 Å². The molecule has 0 bridgehead atoms. The van der Waals surface area contributed by atoms with Gasteiger partial charge in [0, 0.05) is 23.6 Å². The Kier molecular flexibility index (Phi) is 7.23. The maximum absolute atomic E-state index is 11.4. The van der Waals surface area contributed by atoms with Crippen molar-refractivity contribution in [3.63, 3.8) is 0 Å². The highest BCUT2D eigenvalue weighted by atomic mass is 33.1. The smallest absolute Gasteiger partial charge is 0.221 e. The second-order valence-electron chi connectivity index (χ2n) is 5.25. The molecule has 0 aromatic heterocycles. The van der Waals surface area contributed by atoms with Gasteiger partial charge in [0.25, 0.3) is 0 Å². The molecule has 0 unspecified atom stereocenters. The Morgan fingerprint density at radius 1 is 0.769 bits per heavy atom. The van der Waals surface area contributed by atoms with Gasteiger partial charge in [-0.2, -0.15) is 0 Å². The molecule has 0 fully saturated rings. The van der Waals surface area contributed by atoms with Gasteiger partial charge in [-0.05, 0) is 36.4 Å². The van der Waals surface area contributed by atoms with Crippen LogP contribution in [-0.4, -0.2) is 26.0 Å². The Morgan fingerprint density at radius 2 is 1.15 bits per heavy atom. The molecule has 0 saturated carbocycles. The SMILES string of the molecule is COc1ccc(NC(C)=O)c(SSc2cc(OC)ccc2NC(C)=O)c1. The number of carbonyl (C=O) groups is 2. The van der Waals surface area contributed by atoms with Crippen LogP contribution in [0.15, 0.2) is 46.2 Å². The van der Waals surface area contributed by atoms with E-state index in [2.05, 4.69) is 10.6 Å². The van der Waals surface area contributed by atoms with E-state index in [0.717, 1.165) is 9.79 Å². The molecule has 0 aliphatic heterocycles. The highest BCUT2D eigenvalue weighted by Crippen LogP contribution is 2.45. The summed E-state index contributed by atoms with van der Waals surface area (Å²) in [4.78, 5) is 24.5. The molecule has 0 aliphatic carbocycles. The van der Waals surface area contributed by atoms with Crippen molar-refractivity contribution in [1.29, 1.82) is 0 Å². The highest BCUT2D eigenvalue weighted by molar-refractivity contribution is 8.76. The average molecular weight is 393 g/mol. The van der Waals surface area contributed by atoms with Gasteiger partial charge in [-0.1, -0.05) is 21.6 Å². The van der Waals surface area contributed by atoms with E-state index in [1.807, 2.05) is 12.1 Å². The summed E-state index contributed by atoms with van der Waals surface area (Å²) in [5.41, 5.74) is 1.39. The van der Waals surface area contributed by atoms with Crippen LogP contribution in [0.4, 0.5) is 11.4 Å². The van der Waals surface area contributed by atoms with Gasteiger partial charge >= 0.3 is 0 Å². The van der Waals surface area contributed by atoms with E-state index in [-0.39, 0.29) is 11.8 Å². The van der Waals surface area contributed by atoms with Crippen molar-refractivity contribution in [3.8, 4) is 11.5 Å². The molecule has 26 heavy (non-hydrogen) atoms. The van der Waals surface area contributed by atoms with Crippen LogP contribution in [-0.2, 0) is 9.59 Å². The molecule has 2 rings (SSSR count). The van der Waals surface area contributed by atoms with Crippen molar-refractivity contribution in [2.75, 3.05) is 24.9 Å². The predicted molar refractivity (Wildman–Crippen MR) is 106 cm³/mol. The molecule has 0 atom stereocenters. The molecule has 0 aliphatic rings. The van der Waals surface area contributed by atoms with Crippen LogP contribution in [0.3, 0.4) is 0 Å². The molecule has 0 saturated heterocycles. The van der Waals surface area contributed by atoms with Crippen LogP contribution in [0.5, 0.6) is 11.5 Å². The number of nitrogens with one attached hydrogen (secondary N) is 2. The van der Waals surface area contributed by atoms with Crippen LogP contribution in [0.2, 0.25) is 0 Å². The van der Waals surface area contributed by atoms with E-state index in [4.69, 9.17) is 9.47 Å². The summed E-state index contributed by atoms with van der Waals surface area (Å²) in [5, 5.41) is 5.61. The number of amides is 2. The number of rotatable bonds is 7. The van der Waals surface area contributed by atoms with Gasteiger partial charge in [0.2, 0.25) is 11.8 Å². The quantitative estimate of drug-likeness (QED) is 0.679. The van der Waals surface area contributed by atoms with Gasteiger partial charge in [-0.3, -0.25) is 9.59 Å². The van der Waals surface area contributed by atoms with Crippen molar-refractivity contribution >= 4 is 44.8 Å². The van der Waals surface area contributed by atoms with Crippen molar-refractivity contribution in [2.45, 2.75) is 23.6 Å². The fourth-order valence-corrected chi connectivity index (χ4v) is 4.36. The maximum Gasteiger partial charge on any atom is 0.221 e. The van der Waals surface area contributed by atoms with Gasteiger partial charge in [-0.15, -0.1) is 0 Å². The molecule has 6 nitrogen and oxygen atoms in total. The van der Waals surface area contributed by atoms with Crippen molar-refractivity contribution in [3.05, 3.63) is 36.4 Å². The molecule has 2 N–H and O–H groups in total. The van der Waals surface area contributed by atoms with E-state index in [0.29, 0.717) is 22.9 Å². The van der Waals surface area contributed by atoms with Crippen LogP contribution >= 0.6 is 21.6 Å². The number of ether oxygens (including phenoxy) is 2. The van der Waals surface area contributed by atoms with Crippen LogP contribution in [0.1, 0.15) is 13.8 Å². The average Bonchev–Trinajstić information content (AvgIpc) is 2.60. The largest absolute Gasteiger partial charge is 0.497 e. The second kappa shape index (κ2) is 9.40. The number of benzene rings is 2. The lowest BCUT2D eigenvalue weighted by atomic mass is 10.3. The van der Waals surface area contributed by atoms with Crippen LogP contribution in [0.25, 0.3) is 0 Å². The third-order valence-corrected chi connectivity index (χ3v) is 5.67. The lowest BCUT2D eigenvalue weighted by Crippen LogP contribution is -2.07. The molecule has 2 aromatic carbocycles. The zero-order valence-electron chi connectivity index (χ0n) is 14.9. The summed E-state index contributed by atoms with van der Waals surface area (Å²) in [6.45, 7) is 2.92. The molecular formula is C18H20N2O4S2. The normalized spacial score (nSPS) is 10.2.